The third-order valence-corrected chi connectivity index (χ3v) is 3.27. The van der Waals surface area contributed by atoms with E-state index in [0.717, 1.165) is 6.07 Å². The zero-order valence-corrected chi connectivity index (χ0v) is 11.3. The molecule has 0 atom stereocenters. The highest BCUT2D eigenvalue weighted by Crippen LogP contribution is 2.21. The zero-order valence-electron chi connectivity index (χ0n) is 10.6. The molecule has 100 valence electrons. The molecule has 0 aromatic heterocycles. The second-order valence-corrected chi connectivity index (χ2v) is 4.58. The minimum atomic E-state index is -0.529. The van der Waals surface area contributed by atoms with Crippen LogP contribution < -0.4 is 5.32 Å². The Morgan fingerprint density at radius 2 is 2.10 bits per heavy atom. The Bertz CT molecular complexity index is 722. The minimum Gasteiger partial charge on any atom is -0.321 e. The Morgan fingerprint density at radius 1 is 1.35 bits per heavy atom. The third-order valence-electron chi connectivity index (χ3n) is 2.86. The van der Waals surface area contributed by atoms with Crippen LogP contribution in [-0.4, -0.2) is 5.91 Å². The van der Waals surface area contributed by atoms with E-state index in [4.69, 9.17) is 16.9 Å². The Labute approximate surface area is 120 Å². The number of hydrogen-bond donors (Lipinski definition) is 1. The Kier molecular flexibility index (Phi) is 4.02. The molecule has 0 spiro atoms. The van der Waals surface area contributed by atoms with E-state index in [1.807, 2.05) is 6.07 Å². The predicted molar refractivity (Wildman–Crippen MR) is 75.3 cm³/mol. The Hall–Kier alpha value is -2.38. The molecule has 0 aliphatic rings. The summed E-state index contributed by atoms with van der Waals surface area (Å²) in [5.41, 5.74) is 1.38. The van der Waals surface area contributed by atoms with Gasteiger partial charge >= 0.3 is 0 Å². The van der Waals surface area contributed by atoms with Gasteiger partial charge in [-0.15, -0.1) is 0 Å². The average Bonchev–Trinajstić information content (AvgIpc) is 2.43. The first-order valence-corrected chi connectivity index (χ1v) is 6.17. The fourth-order valence-corrected chi connectivity index (χ4v) is 1.94. The number of nitriles is 1. The molecule has 20 heavy (non-hydrogen) atoms. The van der Waals surface area contributed by atoms with Gasteiger partial charge in [-0.2, -0.15) is 5.26 Å². The van der Waals surface area contributed by atoms with Gasteiger partial charge in [0.1, 0.15) is 11.9 Å². The summed E-state index contributed by atoms with van der Waals surface area (Å²) in [7, 11) is 0. The monoisotopic (exact) mass is 288 g/mol. The van der Waals surface area contributed by atoms with Crippen molar-refractivity contribution in [2.24, 2.45) is 0 Å². The quantitative estimate of drug-likeness (QED) is 0.911. The van der Waals surface area contributed by atoms with Gasteiger partial charge in [0.05, 0.1) is 11.3 Å². The SMILES string of the molecule is Cc1c(Cl)cccc1C(=O)Nc1ccc(F)cc1C#N. The molecular formula is C15H10ClFN2O. The lowest BCUT2D eigenvalue weighted by Gasteiger charge is -2.10. The first-order valence-electron chi connectivity index (χ1n) is 5.79. The van der Waals surface area contributed by atoms with Crippen molar-refractivity contribution in [2.75, 3.05) is 5.32 Å². The third kappa shape index (κ3) is 2.79. The summed E-state index contributed by atoms with van der Waals surface area (Å²) in [6, 6.07) is 10.4. The van der Waals surface area contributed by atoms with Gasteiger partial charge < -0.3 is 5.32 Å². The molecule has 2 rings (SSSR count). The van der Waals surface area contributed by atoms with E-state index < -0.39 is 11.7 Å². The lowest BCUT2D eigenvalue weighted by molar-refractivity contribution is 0.102. The van der Waals surface area contributed by atoms with Crippen molar-refractivity contribution in [2.45, 2.75) is 6.92 Å². The van der Waals surface area contributed by atoms with E-state index in [0.29, 0.717) is 16.1 Å². The number of halogens is 2. The molecule has 0 saturated heterocycles. The molecule has 0 fully saturated rings. The summed E-state index contributed by atoms with van der Waals surface area (Å²) in [6.45, 7) is 1.73. The smallest absolute Gasteiger partial charge is 0.256 e. The number of benzene rings is 2. The van der Waals surface area contributed by atoms with Crippen LogP contribution in [0.5, 0.6) is 0 Å². The predicted octanol–water partition coefficient (Wildman–Crippen LogP) is 3.91. The van der Waals surface area contributed by atoms with Crippen LogP contribution in [0, 0.1) is 24.1 Å². The van der Waals surface area contributed by atoms with Crippen molar-refractivity contribution in [3.63, 3.8) is 0 Å². The van der Waals surface area contributed by atoms with E-state index in [1.165, 1.54) is 12.1 Å². The van der Waals surface area contributed by atoms with Gasteiger partial charge in [0.25, 0.3) is 5.91 Å². The van der Waals surface area contributed by atoms with Gasteiger partial charge in [0.15, 0.2) is 0 Å². The van der Waals surface area contributed by atoms with Crippen LogP contribution in [0.3, 0.4) is 0 Å². The van der Waals surface area contributed by atoms with Gasteiger partial charge in [-0.3, -0.25) is 4.79 Å². The Balaban J connectivity index is 2.33. The fourth-order valence-electron chi connectivity index (χ4n) is 1.76. The van der Waals surface area contributed by atoms with E-state index in [9.17, 15) is 9.18 Å². The number of rotatable bonds is 2. The standard InChI is InChI=1S/C15H10ClFN2O/c1-9-12(3-2-4-13(9)16)15(20)19-14-6-5-11(17)7-10(14)8-18/h2-7H,1H3,(H,19,20). The van der Waals surface area contributed by atoms with Crippen LogP contribution in [-0.2, 0) is 0 Å². The highest BCUT2D eigenvalue weighted by atomic mass is 35.5. The van der Waals surface area contributed by atoms with Crippen LogP contribution in [0.2, 0.25) is 5.02 Å². The van der Waals surface area contributed by atoms with Crippen LogP contribution in [0.4, 0.5) is 10.1 Å². The summed E-state index contributed by atoms with van der Waals surface area (Å²) >= 11 is 5.96. The summed E-state index contributed by atoms with van der Waals surface area (Å²) in [6.07, 6.45) is 0. The molecule has 0 unspecified atom stereocenters. The van der Waals surface area contributed by atoms with Gasteiger partial charge in [0.2, 0.25) is 0 Å². The molecule has 0 radical (unpaired) electrons. The normalized spacial score (nSPS) is 9.90. The van der Waals surface area contributed by atoms with Crippen molar-refractivity contribution in [3.05, 3.63) is 63.9 Å². The van der Waals surface area contributed by atoms with E-state index in [1.54, 1.807) is 25.1 Å². The second-order valence-electron chi connectivity index (χ2n) is 4.17. The molecule has 0 saturated carbocycles. The number of nitrogens with zero attached hydrogens (tertiary/aromatic N) is 1. The van der Waals surface area contributed by atoms with Crippen molar-refractivity contribution < 1.29 is 9.18 Å². The molecule has 0 aliphatic heterocycles. The molecule has 5 heteroatoms. The van der Waals surface area contributed by atoms with Gasteiger partial charge in [0, 0.05) is 10.6 Å². The number of amides is 1. The zero-order chi connectivity index (χ0) is 14.7. The average molecular weight is 289 g/mol. The van der Waals surface area contributed by atoms with Crippen LogP contribution in [0.15, 0.2) is 36.4 Å². The summed E-state index contributed by atoms with van der Waals surface area (Å²) in [5.74, 6) is -0.924. The van der Waals surface area contributed by atoms with Crippen LogP contribution >= 0.6 is 11.6 Å². The molecule has 0 heterocycles. The lowest BCUT2D eigenvalue weighted by atomic mass is 10.1. The maximum absolute atomic E-state index is 13.0. The summed E-state index contributed by atoms with van der Waals surface area (Å²) in [5, 5.41) is 12.0. The maximum atomic E-state index is 13.0. The maximum Gasteiger partial charge on any atom is 0.256 e. The topological polar surface area (TPSA) is 52.9 Å². The molecule has 0 bridgehead atoms. The number of nitrogens with one attached hydrogen (secondary N) is 1. The van der Waals surface area contributed by atoms with E-state index in [-0.39, 0.29) is 11.3 Å². The molecule has 1 N–H and O–H groups in total. The summed E-state index contributed by atoms with van der Waals surface area (Å²) in [4.78, 5) is 12.2. The fraction of sp³-hybridized carbons (Fsp3) is 0.0667. The number of carbonyl (C=O) groups is 1. The number of hydrogen-bond acceptors (Lipinski definition) is 2. The van der Waals surface area contributed by atoms with Crippen LogP contribution in [0.1, 0.15) is 21.5 Å². The number of anilines is 1. The highest BCUT2D eigenvalue weighted by molar-refractivity contribution is 6.32. The highest BCUT2D eigenvalue weighted by Gasteiger charge is 2.13. The molecule has 2 aromatic carbocycles. The second kappa shape index (κ2) is 5.72. The molecule has 2 aromatic rings. The van der Waals surface area contributed by atoms with Crippen LogP contribution in [0.25, 0.3) is 0 Å². The van der Waals surface area contributed by atoms with Gasteiger partial charge in [-0.1, -0.05) is 17.7 Å². The van der Waals surface area contributed by atoms with Crippen molar-refractivity contribution in [1.82, 2.24) is 0 Å². The van der Waals surface area contributed by atoms with Gasteiger partial charge in [-0.25, -0.2) is 4.39 Å². The minimum absolute atomic E-state index is 0.0676. The van der Waals surface area contributed by atoms with Crippen molar-refractivity contribution in [1.29, 1.82) is 5.26 Å². The molecule has 3 nitrogen and oxygen atoms in total. The van der Waals surface area contributed by atoms with Crippen molar-refractivity contribution in [3.8, 4) is 6.07 Å². The molecule has 1 amide bonds. The summed E-state index contributed by atoms with van der Waals surface area (Å²) < 4.78 is 13.0. The van der Waals surface area contributed by atoms with Gasteiger partial charge in [-0.05, 0) is 42.8 Å². The first-order chi connectivity index (χ1) is 9.52. The molecular weight excluding hydrogens is 279 g/mol. The first kappa shape index (κ1) is 14.0. The Morgan fingerprint density at radius 3 is 2.80 bits per heavy atom. The molecule has 0 aliphatic carbocycles. The van der Waals surface area contributed by atoms with E-state index in [2.05, 4.69) is 5.32 Å². The largest absolute Gasteiger partial charge is 0.321 e. The van der Waals surface area contributed by atoms with Crippen molar-refractivity contribution >= 4 is 23.2 Å². The lowest BCUT2D eigenvalue weighted by Crippen LogP contribution is -2.14. The number of carbonyl (C=O) groups excluding carboxylic acids is 1. The van der Waals surface area contributed by atoms with E-state index >= 15 is 0 Å².